The van der Waals surface area contributed by atoms with E-state index >= 15 is 0 Å². The second-order valence-electron chi connectivity index (χ2n) is 2.68. The summed E-state index contributed by atoms with van der Waals surface area (Å²) in [5.41, 5.74) is 1.38. The van der Waals surface area contributed by atoms with Gasteiger partial charge in [0.15, 0.2) is 0 Å². The van der Waals surface area contributed by atoms with Gasteiger partial charge in [0.2, 0.25) is 0 Å². The lowest BCUT2D eigenvalue weighted by Gasteiger charge is -1.92. The molecule has 11 heavy (non-hydrogen) atoms. The molecule has 1 heterocycles. The summed E-state index contributed by atoms with van der Waals surface area (Å²) in [6, 6.07) is 2.10. The predicted octanol–water partition coefficient (Wildman–Crippen LogP) is 4.02. The van der Waals surface area contributed by atoms with Crippen molar-refractivity contribution in [1.82, 2.24) is 0 Å². The fourth-order valence-corrected chi connectivity index (χ4v) is 2.25. The first kappa shape index (κ1) is 9.01. The standard InChI is InChI=1S/C9H11BrS/c1-7(2)3-4-9-8(10)5-6-11-9/h3,5-6H,4H2,1-2H3. The van der Waals surface area contributed by atoms with Crippen LogP contribution in [0.5, 0.6) is 0 Å². The highest BCUT2D eigenvalue weighted by molar-refractivity contribution is 9.10. The highest BCUT2D eigenvalue weighted by Gasteiger charge is 1.97. The lowest BCUT2D eigenvalue weighted by Crippen LogP contribution is -1.75. The van der Waals surface area contributed by atoms with E-state index in [9.17, 15) is 0 Å². The molecule has 1 rings (SSSR count). The number of thiophene rings is 1. The second kappa shape index (κ2) is 4.07. The van der Waals surface area contributed by atoms with Gasteiger partial charge in [-0.05, 0) is 41.2 Å². The Hall–Kier alpha value is -0.0800. The zero-order valence-corrected chi connectivity index (χ0v) is 9.13. The topological polar surface area (TPSA) is 0 Å². The Morgan fingerprint density at radius 2 is 2.36 bits per heavy atom. The number of halogens is 1. The SMILES string of the molecule is CC(C)=CCc1sccc1Br. The average Bonchev–Trinajstić information content (AvgIpc) is 2.31. The van der Waals surface area contributed by atoms with Crippen LogP contribution in [0.1, 0.15) is 18.7 Å². The van der Waals surface area contributed by atoms with Crippen LogP contribution in [0.3, 0.4) is 0 Å². The van der Waals surface area contributed by atoms with Crippen LogP contribution in [0, 0.1) is 0 Å². The quantitative estimate of drug-likeness (QED) is 0.674. The van der Waals surface area contributed by atoms with Crippen molar-refractivity contribution < 1.29 is 0 Å². The Morgan fingerprint density at radius 1 is 1.64 bits per heavy atom. The third-order valence-corrected chi connectivity index (χ3v) is 3.34. The molecule has 0 radical (unpaired) electrons. The molecule has 0 spiro atoms. The number of rotatable bonds is 2. The maximum atomic E-state index is 3.50. The van der Waals surface area contributed by atoms with Crippen LogP contribution in [-0.4, -0.2) is 0 Å². The third-order valence-electron chi connectivity index (χ3n) is 1.39. The molecule has 0 atom stereocenters. The summed E-state index contributed by atoms with van der Waals surface area (Å²) >= 11 is 5.30. The molecule has 1 aromatic heterocycles. The van der Waals surface area contributed by atoms with Gasteiger partial charge in [-0.3, -0.25) is 0 Å². The molecule has 0 saturated heterocycles. The van der Waals surface area contributed by atoms with Crippen molar-refractivity contribution in [3.05, 3.63) is 32.4 Å². The van der Waals surface area contributed by atoms with Crippen molar-refractivity contribution in [2.45, 2.75) is 20.3 Å². The van der Waals surface area contributed by atoms with Crippen molar-refractivity contribution in [1.29, 1.82) is 0 Å². The molecule has 0 aliphatic heterocycles. The lowest BCUT2D eigenvalue weighted by molar-refractivity contribution is 1.25. The van der Waals surface area contributed by atoms with Crippen LogP contribution in [0.25, 0.3) is 0 Å². The average molecular weight is 231 g/mol. The fourth-order valence-electron chi connectivity index (χ4n) is 0.768. The van der Waals surface area contributed by atoms with Crippen LogP contribution in [0.2, 0.25) is 0 Å². The smallest absolute Gasteiger partial charge is 0.0317 e. The first-order valence-corrected chi connectivity index (χ1v) is 5.22. The Morgan fingerprint density at radius 3 is 2.82 bits per heavy atom. The van der Waals surface area contributed by atoms with E-state index < -0.39 is 0 Å². The highest BCUT2D eigenvalue weighted by Crippen LogP contribution is 2.23. The minimum atomic E-state index is 1.06. The molecule has 0 amide bonds. The van der Waals surface area contributed by atoms with E-state index in [0.717, 1.165) is 6.42 Å². The molecule has 0 aliphatic carbocycles. The van der Waals surface area contributed by atoms with Gasteiger partial charge in [-0.15, -0.1) is 11.3 Å². The Labute approximate surface area is 80.1 Å². The monoisotopic (exact) mass is 230 g/mol. The van der Waals surface area contributed by atoms with E-state index in [4.69, 9.17) is 0 Å². The van der Waals surface area contributed by atoms with Crippen LogP contribution in [0.4, 0.5) is 0 Å². The maximum Gasteiger partial charge on any atom is 0.0317 e. The van der Waals surface area contributed by atoms with Crippen molar-refractivity contribution in [2.24, 2.45) is 0 Å². The third kappa shape index (κ3) is 2.80. The first-order valence-electron chi connectivity index (χ1n) is 3.55. The summed E-state index contributed by atoms with van der Waals surface area (Å²) in [6.45, 7) is 4.25. The summed E-state index contributed by atoms with van der Waals surface area (Å²) in [5, 5.41) is 2.11. The van der Waals surface area contributed by atoms with Crippen LogP contribution in [0.15, 0.2) is 27.6 Å². The molecular formula is C9H11BrS. The minimum Gasteiger partial charge on any atom is -0.147 e. The van der Waals surface area contributed by atoms with E-state index in [0.29, 0.717) is 0 Å². The molecule has 0 nitrogen and oxygen atoms in total. The molecule has 0 N–H and O–H groups in total. The Kier molecular flexibility index (Phi) is 3.34. The zero-order valence-electron chi connectivity index (χ0n) is 6.73. The summed E-state index contributed by atoms with van der Waals surface area (Å²) in [5.74, 6) is 0. The molecule has 0 fully saturated rings. The van der Waals surface area contributed by atoms with Gasteiger partial charge in [-0.2, -0.15) is 0 Å². The van der Waals surface area contributed by atoms with Crippen molar-refractivity contribution >= 4 is 27.3 Å². The molecule has 0 unspecified atom stereocenters. The van der Waals surface area contributed by atoms with E-state index in [-0.39, 0.29) is 0 Å². The number of allylic oxidation sites excluding steroid dienone is 2. The van der Waals surface area contributed by atoms with Crippen LogP contribution in [-0.2, 0) is 6.42 Å². The Balaban J connectivity index is 2.65. The molecule has 0 aromatic carbocycles. The summed E-state index contributed by atoms with van der Waals surface area (Å²) < 4.78 is 1.24. The van der Waals surface area contributed by atoms with Gasteiger partial charge in [0, 0.05) is 15.8 Å². The largest absolute Gasteiger partial charge is 0.147 e. The van der Waals surface area contributed by atoms with Gasteiger partial charge in [0.25, 0.3) is 0 Å². The fraction of sp³-hybridized carbons (Fsp3) is 0.333. The van der Waals surface area contributed by atoms with Gasteiger partial charge in [0.1, 0.15) is 0 Å². The minimum absolute atomic E-state index is 1.06. The molecule has 0 bridgehead atoms. The molecule has 0 saturated carbocycles. The summed E-state index contributed by atoms with van der Waals surface area (Å²) in [4.78, 5) is 1.41. The van der Waals surface area contributed by atoms with Gasteiger partial charge >= 0.3 is 0 Å². The van der Waals surface area contributed by atoms with Crippen molar-refractivity contribution in [3.63, 3.8) is 0 Å². The van der Waals surface area contributed by atoms with Crippen LogP contribution >= 0.6 is 27.3 Å². The van der Waals surface area contributed by atoms with E-state index in [1.54, 1.807) is 11.3 Å². The van der Waals surface area contributed by atoms with E-state index in [1.165, 1.54) is 14.9 Å². The van der Waals surface area contributed by atoms with Crippen molar-refractivity contribution in [3.8, 4) is 0 Å². The predicted molar refractivity (Wildman–Crippen MR) is 55.2 cm³/mol. The molecule has 2 heteroatoms. The normalized spacial score (nSPS) is 9.73. The van der Waals surface area contributed by atoms with Gasteiger partial charge < -0.3 is 0 Å². The lowest BCUT2D eigenvalue weighted by atomic mass is 10.2. The highest BCUT2D eigenvalue weighted by atomic mass is 79.9. The second-order valence-corrected chi connectivity index (χ2v) is 4.53. The first-order chi connectivity index (χ1) is 5.20. The van der Waals surface area contributed by atoms with Gasteiger partial charge in [-0.25, -0.2) is 0 Å². The van der Waals surface area contributed by atoms with Crippen molar-refractivity contribution in [2.75, 3.05) is 0 Å². The van der Waals surface area contributed by atoms with Gasteiger partial charge in [-0.1, -0.05) is 11.6 Å². The maximum absolute atomic E-state index is 3.50. The number of hydrogen-bond acceptors (Lipinski definition) is 1. The summed E-state index contributed by atoms with van der Waals surface area (Å²) in [7, 11) is 0. The van der Waals surface area contributed by atoms with E-state index in [1.807, 2.05) is 0 Å². The Bertz CT molecular complexity index is 256. The molecule has 0 aliphatic rings. The van der Waals surface area contributed by atoms with Crippen LogP contribution < -0.4 is 0 Å². The van der Waals surface area contributed by atoms with Gasteiger partial charge in [0.05, 0.1) is 0 Å². The number of hydrogen-bond donors (Lipinski definition) is 0. The molecule has 1 aromatic rings. The molecule has 60 valence electrons. The zero-order chi connectivity index (χ0) is 8.27. The summed E-state index contributed by atoms with van der Waals surface area (Å²) in [6.07, 6.45) is 3.30. The molecular weight excluding hydrogens is 220 g/mol. The van der Waals surface area contributed by atoms with E-state index in [2.05, 4.69) is 47.3 Å².